The highest BCUT2D eigenvalue weighted by molar-refractivity contribution is 6.31. The molecule has 1 aromatic rings. The topological polar surface area (TPSA) is 77.8 Å². The van der Waals surface area contributed by atoms with Crippen molar-refractivity contribution in [3.8, 4) is 5.75 Å². The lowest BCUT2D eigenvalue weighted by Gasteiger charge is -2.14. The van der Waals surface area contributed by atoms with Gasteiger partial charge in [0.25, 0.3) is 0 Å². The standard InChI is InChI=1S/C10H11ClO4/c1-4-3-6(11)7(5(2)8(4)12)9(13)10(14)15/h3,9,12-13H,1-2H3,(H,14,15). The third kappa shape index (κ3) is 2.06. The maximum atomic E-state index is 10.6. The molecule has 0 aromatic heterocycles. The van der Waals surface area contributed by atoms with Gasteiger partial charge in [-0.1, -0.05) is 11.6 Å². The first kappa shape index (κ1) is 11.8. The van der Waals surface area contributed by atoms with Gasteiger partial charge in [0, 0.05) is 10.6 Å². The Bertz CT molecular complexity index is 414. The van der Waals surface area contributed by atoms with Gasteiger partial charge in [0.2, 0.25) is 0 Å². The predicted octanol–water partition coefficient (Wildman–Crippen LogP) is 1.78. The number of hydrogen-bond acceptors (Lipinski definition) is 3. The van der Waals surface area contributed by atoms with E-state index in [0.29, 0.717) is 5.56 Å². The first-order chi connectivity index (χ1) is 6.86. The Labute approximate surface area is 91.7 Å². The summed E-state index contributed by atoms with van der Waals surface area (Å²) in [5.74, 6) is -1.45. The number of hydrogen-bond donors (Lipinski definition) is 3. The second kappa shape index (κ2) is 4.08. The summed E-state index contributed by atoms with van der Waals surface area (Å²) in [5.41, 5.74) is 0.862. The van der Waals surface area contributed by atoms with Crippen molar-refractivity contribution in [3.05, 3.63) is 27.8 Å². The number of aliphatic hydroxyl groups is 1. The van der Waals surface area contributed by atoms with Gasteiger partial charge in [0.1, 0.15) is 5.75 Å². The number of carboxylic acid groups (broad SMARTS) is 1. The SMILES string of the molecule is Cc1cc(Cl)c(C(O)C(=O)O)c(C)c1O. The summed E-state index contributed by atoms with van der Waals surface area (Å²) in [7, 11) is 0. The number of carbonyl (C=O) groups is 1. The first-order valence-electron chi connectivity index (χ1n) is 4.25. The van der Waals surface area contributed by atoms with E-state index in [1.807, 2.05) is 0 Å². The van der Waals surface area contributed by atoms with Crippen LogP contribution in [0.3, 0.4) is 0 Å². The van der Waals surface area contributed by atoms with Gasteiger partial charge in [-0.05, 0) is 31.0 Å². The Morgan fingerprint density at radius 3 is 2.47 bits per heavy atom. The van der Waals surface area contributed by atoms with Crippen LogP contribution in [0.5, 0.6) is 5.75 Å². The van der Waals surface area contributed by atoms with Crippen molar-refractivity contribution < 1.29 is 20.1 Å². The number of carboxylic acids is 1. The average molecular weight is 231 g/mol. The van der Waals surface area contributed by atoms with Crippen LogP contribution in [0, 0.1) is 13.8 Å². The maximum absolute atomic E-state index is 10.6. The summed E-state index contributed by atoms with van der Waals surface area (Å²) in [5, 5.41) is 27.8. The molecule has 1 rings (SSSR count). The van der Waals surface area contributed by atoms with E-state index in [0.717, 1.165) is 0 Å². The molecular weight excluding hydrogens is 220 g/mol. The molecule has 0 amide bonds. The zero-order chi connectivity index (χ0) is 11.7. The second-order valence-corrected chi connectivity index (χ2v) is 3.71. The van der Waals surface area contributed by atoms with Crippen LogP contribution in [0.25, 0.3) is 0 Å². The Balaban J connectivity index is 3.42. The number of phenolic OH excluding ortho intramolecular Hbond substituents is 1. The number of aryl methyl sites for hydroxylation is 1. The number of phenols is 1. The van der Waals surface area contributed by atoms with Crippen molar-refractivity contribution in [3.63, 3.8) is 0 Å². The third-order valence-electron chi connectivity index (χ3n) is 2.24. The number of aliphatic hydroxyl groups excluding tert-OH is 1. The number of halogens is 1. The van der Waals surface area contributed by atoms with Gasteiger partial charge in [-0.3, -0.25) is 0 Å². The quantitative estimate of drug-likeness (QED) is 0.724. The molecule has 4 nitrogen and oxygen atoms in total. The third-order valence-corrected chi connectivity index (χ3v) is 2.55. The number of aromatic hydroxyl groups is 1. The Morgan fingerprint density at radius 2 is 2.00 bits per heavy atom. The molecule has 15 heavy (non-hydrogen) atoms. The first-order valence-corrected chi connectivity index (χ1v) is 4.63. The normalized spacial score (nSPS) is 12.5. The summed E-state index contributed by atoms with van der Waals surface area (Å²) >= 11 is 5.81. The summed E-state index contributed by atoms with van der Waals surface area (Å²) in [6.45, 7) is 3.15. The van der Waals surface area contributed by atoms with E-state index < -0.39 is 12.1 Å². The fourth-order valence-electron chi connectivity index (χ4n) is 1.40. The molecule has 0 bridgehead atoms. The fourth-order valence-corrected chi connectivity index (χ4v) is 1.81. The van der Waals surface area contributed by atoms with Gasteiger partial charge >= 0.3 is 5.97 Å². The van der Waals surface area contributed by atoms with Crippen molar-refractivity contribution in [2.45, 2.75) is 20.0 Å². The lowest BCUT2D eigenvalue weighted by atomic mass is 9.99. The van der Waals surface area contributed by atoms with E-state index in [-0.39, 0.29) is 21.9 Å². The number of aliphatic carboxylic acids is 1. The monoisotopic (exact) mass is 230 g/mol. The molecule has 1 atom stereocenters. The van der Waals surface area contributed by atoms with Gasteiger partial charge in [0.15, 0.2) is 6.10 Å². The highest BCUT2D eigenvalue weighted by Gasteiger charge is 2.23. The van der Waals surface area contributed by atoms with E-state index >= 15 is 0 Å². The van der Waals surface area contributed by atoms with E-state index in [1.54, 1.807) is 6.92 Å². The van der Waals surface area contributed by atoms with Crippen molar-refractivity contribution in [1.82, 2.24) is 0 Å². The smallest absolute Gasteiger partial charge is 0.337 e. The molecule has 3 N–H and O–H groups in total. The predicted molar refractivity (Wildman–Crippen MR) is 55.2 cm³/mol. The molecule has 5 heteroatoms. The van der Waals surface area contributed by atoms with E-state index in [2.05, 4.69) is 0 Å². The molecule has 1 unspecified atom stereocenters. The lowest BCUT2D eigenvalue weighted by Crippen LogP contribution is -2.12. The molecule has 0 aliphatic carbocycles. The summed E-state index contributed by atoms with van der Waals surface area (Å²) in [6.07, 6.45) is -1.72. The van der Waals surface area contributed by atoms with Gasteiger partial charge < -0.3 is 15.3 Å². The Morgan fingerprint density at radius 1 is 1.47 bits per heavy atom. The zero-order valence-corrected chi connectivity index (χ0v) is 9.04. The van der Waals surface area contributed by atoms with Crippen molar-refractivity contribution in [1.29, 1.82) is 0 Å². The van der Waals surface area contributed by atoms with Gasteiger partial charge in [-0.25, -0.2) is 4.79 Å². The summed E-state index contributed by atoms with van der Waals surface area (Å²) in [4.78, 5) is 10.6. The molecule has 0 aliphatic rings. The second-order valence-electron chi connectivity index (χ2n) is 3.30. The van der Waals surface area contributed by atoms with Crippen LogP contribution >= 0.6 is 11.6 Å². The summed E-state index contributed by atoms with van der Waals surface area (Å²) < 4.78 is 0. The average Bonchev–Trinajstić information content (AvgIpc) is 2.14. The highest BCUT2D eigenvalue weighted by Crippen LogP contribution is 2.34. The molecule has 82 valence electrons. The largest absolute Gasteiger partial charge is 0.507 e. The highest BCUT2D eigenvalue weighted by atomic mass is 35.5. The van der Waals surface area contributed by atoms with E-state index in [1.165, 1.54) is 13.0 Å². The van der Waals surface area contributed by atoms with Crippen molar-refractivity contribution in [2.24, 2.45) is 0 Å². The number of rotatable bonds is 2. The maximum Gasteiger partial charge on any atom is 0.337 e. The molecule has 0 radical (unpaired) electrons. The zero-order valence-electron chi connectivity index (χ0n) is 8.28. The molecule has 0 fully saturated rings. The van der Waals surface area contributed by atoms with E-state index in [4.69, 9.17) is 16.7 Å². The number of benzene rings is 1. The van der Waals surface area contributed by atoms with Crippen LogP contribution in [-0.2, 0) is 4.79 Å². The van der Waals surface area contributed by atoms with E-state index in [9.17, 15) is 15.0 Å². The molecule has 0 heterocycles. The fraction of sp³-hybridized carbons (Fsp3) is 0.300. The molecule has 0 saturated heterocycles. The van der Waals surface area contributed by atoms with Gasteiger partial charge in [0.05, 0.1) is 0 Å². The summed E-state index contributed by atoms with van der Waals surface area (Å²) in [6, 6.07) is 1.42. The minimum absolute atomic E-state index is 0.0345. The van der Waals surface area contributed by atoms with Crippen LogP contribution in [0.15, 0.2) is 6.07 Å². The lowest BCUT2D eigenvalue weighted by molar-refractivity contribution is -0.147. The van der Waals surface area contributed by atoms with Crippen LogP contribution in [0.1, 0.15) is 22.8 Å². The van der Waals surface area contributed by atoms with Gasteiger partial charge in [-0.2, -0.15) is 0 Å². The molecular formula is C10H11ClO4. The van der Waals surface area contributed by atoms with Crippen molar-refractivity contribution >= 4 is 17.6 Å². The Hall–Kier alpha value is -1.26. The van der Waals surface area contributed by atoms with Crippen LogP contribution in [0.2, 0.25) is 5.02 Å². The van der Waals surface area contributed by atoms with Crippen LogP contribution in [-0.4, -0.2) is 21.3 Å². The van der Waals surface area contributed by atoms with Crippen LogP contribution < -0.4 is 0 Å². The Kier molecular flexibility index (Phi) is 3.21. The van der Waals surface area contributed by atoms with Crippen molar-refractivity contribution in [2.75, 3.05) is 0 Å². The molecule has 0 saturated carbocycles. The molecule has 1 aromatic carbocycles. The minimum atomic E-state index is -1.72. The van der Waals surface area contributed by atoms with Crippen LogP contribution in [0.4, 0.5) is 0 Å². The minimum Gasteiger partial charge on any atom is -0.507 e. The molecule has 0 spiro atoms. The molecule has 0 aliphatic heterocycles. The van der Waals surface area contributed by atoms with Gasteiger partial charge in [-0.15, -0.1) is 0 Å².